The summed E-state index contributed by atoms with van der Waals surface area (Å²) < 4.78 is 0. The normalized spacial score (nSPS) is 11.4. The van der Waals surface area contributed by atoms with E-state index in [2.05, 4.69) is 4.98 Å². The molecule has 0 aromatic carbocycles. The minimum atomic E-state index is -0.814. The van der Waals surface area contributed by atoms with Gasteiger partial charge in [0.25, 0.3) is 0 Å². The molecule has 3 nitrogen and oxygen atoms in total. The maximum Gasteiger partial charge on any atom is 0.309 e. The largest absolute Gasteiger partial charge is 0.481 e. The van der Waals surface area contributed by atoms with Gasteiger partial charge in [-0.15, -0.1) is 0 Å². The molecular formula is C10H12ClNO2. The molecule has 1 aromatic heterocycles. The van der Waals surface area contributed by atoms with Gasteiger partial charge in [0, 0.05) is 6.20 Å². The van der Waals surface area contributed by atoms with Crippen LogP contribution >= 0.6 is 11.6 Å². The molecule has 0 aliphatic rings. The van der Waals surface area contributed by atoms with E-state index < -0.39 is 11.4 Å². The summed E-state index contributed by atoms with van der Waals surface area (Å²) in [6, 6.07) is 3.46. The van der Waals surface area contributed by atoms with Crippen LogP contribution < -0.4 is 0 Å². The summed E-state index contributed by atoms with van der Waals surface area (Å²) in [5.74, 6) is -0.814. The minimum Gasteiger partial charge on any atom is -0.481 e. The summed E-state index contributed by atoms with van der Waals surface area (Å²) in [7, 11) is 0. The topological polar surface area (TPSA) is 50.2 Å². The van der Waals surface area contributed by atoms with Gasteiger partial charge < -0.3 is 5.11 Å². The van der Waals surface area contributed by atoms with Crippen LogP contribution in [0.15, 0.2) is 18.3 Å². The Morgan fingerprint density at radius 3 is 2.79 bits per heavy atom. The molecule has 0 saturated carbocycles. The number of hydrogen-bond acceptors (Lipinski definition) is 2. The molecule has 0 atom stereocenters. The zero-order valence-electron chi connectivity index (χ0n) is 8.12. The number of halogens is 1. The third kappa shape index (κ3) is 2.70. The Labute approximate surface area is 87.7 Å². The highest BCUT2D eigenvalue weighted by atomic mass is 35.5. The van der Waals surface area contributed by atoms with E-state index in [4.69, 9.17) is 16.7 Å². The van der Waals surface area contributed by atoms with Crippen LogP contribution in [0.5, 0.6) is 0 Å². The van der Waals surface area contributed by atoms with Crippen LogP contribution in [0.2, 0.25) is 5.15 Å². The van der Waals surface area contributed by atoms with Crippen molar-refractivity contribution in [2.75, 3.05) is 0 Å². The lowest BCUT2D eigenvalue weighted by Gasteiger charge is -2.18. The summed E-state index contributed by atoms with van der Waals surface area (Å²) in [5.41, 5.74) is 0.113. The second-order valence-corrected chi connectivity index (χ2v) is 4.24. The molecule has 76 valence electrons. The van der Waals surface area contributed by atoms with E-state index in [9.17, 15) is 4.79 Å². The van der Waals surface area contributed by atoms with Gasteiger partial charge in [-0.2, -0.15) is 0 Å². The van der Waals surface area contributed by atoms with E-state index in [0.717, 1.165) is 5.56 Å². The van der Waals surface area contributed by atoms with E-state index in [1.807, 2.05) is 0 Å². The summed E-state index contributed by atoms with van der Waals surface area (Å²) in [6.07, 6.45) is 2.03. The fourth-order valence-electron chi connectivity index (χ4n) is 1.14. The molecule has 1 N–H and O–H groups in total. The summed E-state index contributed by atoms with van der Waals surface area (Å²) in [6.45, 7) is 3.37. The van der Waals surface area contributed by atoms with Crippen LogP contribution in [0.4, 0.5) is 0 Å². The molecule has 0 amide bonds. The molecule has 0 bridgehead atoms. The first-order chi connectivity index (χ1) is 6.42. The average molecular weight is 214 g/mol. The van der Waals surface area contributed by atoms with Crippen LogP contribution in [0.25, 0.3) is 0 Å². The number of carboxylic acids is 1. The molecule has 0 radical (unpaired) electrons. The van der Waals surface area contributed by atoms with E-state index in [0.29, 0.717) is 11.6 Å². The highest BCUT2D eigenvalue weighted by Gasteiger charge is 2.27. The van der Waals surface area contributed by atoms with Gasteiger partial charge >= 0.3 is 5.97 Å². The lowest BCUT2D eigenvalue weighted by molar-refractivity contribution is -0.146. The predicted octanol–water partition coefficient (Wildman–Crippen LogP) is 2.39. The first kappa shape index (κ1) is 11.0. The minimum absolute atomic E-state index is 0.392. The second-order valence-electron chi connectivity index (χ2n) is 3.85. The molecular weight excluding hydrogens is 202 g/mol. The van der Waals surface area contributed by atoms with Crippen LogP contribution in [0.3, 0.4) is 0 Å². The number of hydrogen-bond donors (Lipinski definition) is 1. The highest BCUT2D eigenvalue weighted by molar-refractivity contribution is 6.29. The standard InChI is InChI=1S/C10H12ClNO2/c1-10(2,9(13)14)6-7-3-4-12-8(11)5-7/h3-5H,6H2,1-2H3,(H,13,14). The molecule has 0 aliphatic heterocycles. The molecule has 0 unspecified atom stereocenters. The van der Waals surface area contributed by atoms with E-state index in [-0.39, 0.29) is 0 Å². The van der Waals surface area contributed by atoms with Crippen molar-refractivity contribution in [3.8, 4) is 0 Å². The van der Waals surface area contributed by atoms with Gasteiger partial charge in [0.1, 0.15) is 5.15 Å². The van der Waals surface area contributed by atoms with Crippen molar-refractivity contribution in [1.82, 2.24) is 4.98 Å². The van der Waals surface area contributed by atoms with E-state index in [1.54, 1.807) is 32.2 Å². The SMILES string of the molecule is CC(C)(Cc1ccnc(Cl)c1)C(=O)O. The molecule has 14 heavy (non-hydrogen) atoms. The lowest BCUT2D eigenvalue weighted by Crippen LogP contribution is -2.26. The average Bonchev–Trinajstić information content (AvgIpc) is 2.02. The molecule has 1 aromatic rings. The van der Waals surface area contributed by atoms with Gasteiger partial charge in [0.05, 0.1) is 5.41 Å². The van der Waals surface area contributed by atoms with Crippen molar-refractivity contribution < 1.29 is 9.90 Å². The monoisotopic (exact) mass is 213 g/mol. The molecule has 4 heteroatoms. The number of aromatic nitrogens is 1. The third-order valence-electron chi connectivity index (χ3n) is 2.02. The Balaban J connectivity index is 2.83. The fraction of sp³-hybridized carbons (Fsp3) is 0.400. The number of carbonyl (C=O) groups is 1. The molecule has 0 spiro atoms. The van der Waals surface area contributed by atoms with Crippen molar-refractivity contribution in [1.29, 1.82) is 0 Å². The van der Waals surface area contributed by atoms with Crippen molar-refractivity contribution in [3.63, 3.8) is 0 Å². The summed E-state index contributed by atoms with van der Waals surface area (Å²) in [4.78, 5) is 14.7. The van der Waals surface area contributed by atoms with Gasteiger partial charge in [-0.3, -0.25) is 4.79 Å². The zero-order valence-corrected chi connectivity index (χ0v) is 8.88. The van der Waals surface area contributed by atoms with Crippen LogP contribution in [0.1, 0.15) is 19.4 Å². The predicted molar refractivity (Wildman–Crippen MR) is 54.4 cm³/mol. The summed E-state index contributed by atoms with van der Waals surface area (Å²) in [5, 5.41) is 9.32. The Kier molecular flexibility index (Phi) is 3.11. The highest BCUT2D eigenvalue weighted by Crippen LogP contribution is 2.22. The maximum atomic E-state index is 10.9. The first-order valence-electron chi connectivity index (χ1n) is 4.25. The Bertz CT molecular complexity index is 350. The number of aliphatic carboxylic acids is 1. The maximum absolute atomic E-state index is 10.9. The second kappa shape index (κ2) is 3.96. The molecule has 1 rings (SSSR count). The van der Waals surface area contributed by atoms with Gasteiger partial charge in [-0.25, -0.2) is 4.98 Å². The lowest BCUT2D eigenvalue weighted by atomic mass is 9.86. The summed E-state index contributed by atoms with van der Waals surface area (Å²) >= 11 is 5.69. The quantitative estimate of drug-likeness (QED) is 0.785. The van der Waals surface area contributed by atoms with Crippen LogP contribution in [-0.2, 0) is 11.2 Å². The number of carboxylic acid groups (broad SMARTS) is 1. The zero-order chi connectivity index (χ0) is 10.8. The fourth-order valence-corrected chi connectivity index (χ4v) is 1.33. The number of rotatable bonds is 3. The van der Waals surface area contributed by atoms with Gasteiger partial charge in [-0.05, 0) is 38.0 Å². The van der Waals surface area contributed by atoms with Crippen molar-refractivity contribution in [2.24, 2.45) is 5.41 Å². The van der Waals surface area contributed by atoms with Gasteiger partial charge in [-0.1, -0.05) is 11.6 Å². The molecule has 0 aliphatic carbocycles. The van der Waals surface area contributed by atoms with Crippen molar-refractivity contribution in [3.05, 3.63) is 29.0 Å². The van der Waals surface area contributed by atoms with Crippen molar-refractivity contribution >= 4 is 17.6 Å². The molecule has 1 heterocycles. The Morgan fingerprint density at radius 2 is 2.29 bits per heavy atom. The van der Waals surface area contributed by atoms with E-state index >= 15 is 0 Å². The van der Waals surface area contributed by atoms with Crippen molar-refractivity contribution in [2.45, 2.75) is 20.3 Å². The number of nitrogens with zero attached hydrogens (tertiary/aromatic N) is 1. The molecule has 0 saturated heterocycles. The van der Waals surface area contributed by atoms with E-state index in [1.165, 1.54) is 0 Å². The van der Waals surface area contributed by atoms with Crippen LogP contribution in [0, 0.1) is 5.41 Å². The first-order valence-corrected chi connectivity index (χ1v) is 4.63. The van der Waals surface area contributed by atoms with Gasteiger partial charge in [0.15, 0.2) is 0 Å². The third-order valence-corrected chi connectivity index (χ3v) is 2.22. The smallest absolute Gasteiger partial charge is 0.309 e. The molecule has 0 fully saturated rings. The van der Waals surface area contributed by atoms with Gasteiger partial charge in [0.2, 0.25) is 0 Å². The Hall–Kier alpha value is -1.09. The number of pyridine rings is 1. The van der Waals surface area contributed by atoms with Crippen LogP contribution in [-0.4, -0.2) is 16.1 Å². The Morgan fingerprint density at radius 1 is 1.64 bits per heavy atom.